The van der Waals surface area contributed by atoms with E-state index in [2.05, 4.69) is 20.2 Å². The molecule has 5 rings (SSSR count). The molecule has 2 heterocycles. The van der Waals surface area contributed by atoms with E-state index in [1.165, 1.54) is 12.1 Å². The highest BCUT2D eigenvalue weighted by Gasteiger charge is 2.19. The van der Waals surface area contributed by atoms with Crippen molar-refractivity contribution in [3.63, 3.8) is 0 Å². The zero-order valence-corrected chi connectivity index (χ0v) is 19.1. The molecule has 0 aliphatic carbocycles. The van der Waals surface area contributed by atoms with Gasteiger partial charge in [0.15, 0.2) is 11.5 Å². The van der Waals surface area contributed by atoms with Crippen LogP contribution < -0.4 is 25.1 Å². The van der Waals surface area contributed by atoms with E-state index >= 15 is 0 Å². The summed E-state index contributed by atoms with van der Waals surface area (Å²) in [6, 6.07) is 17.6. The van der Waals surface area contributed by atoms with Crippen LogP contribution in [0.1, 0.15) is 5.69 Å². The Hall–Kier alpha value is -4.38. The molecule has 0 bridgehead atoms. The minimum Gasteiger partial charge on any atom is -0.486 e. The maximum atomic E-state index is 12.8. The van der Waals surface area contributed by atoms with Gasteiger partial charge in [0.1, 0.15) is 13.2 Å². The molecule has 178 valence electrons. The third-order valence-corrected chi connectivity index (χ3v) is 6.73. The molecular formula is C24H20N4O6S. The summed E-state index contributed by atoms with van der Waals surface area (Å²) in [7, 11) is -3.86. The molecule has 0 radical (unpaired) electrons. The summed E-state index contributed by atoms with van der Waals surface area (Å²) in [5.41, 5.74) is 0.928. The molecule has 0 atom stereocenters. The van der Waals surface area contributed by atoms with Gasteiger partial charge < -0.3 is 14.8 Å². The molecule has 0 saturated heterocycles. The molecule has 1 aromatic heterocycles. The second-order valence-corrected chi connectivity index (χ2v) is 9.44. The van der Waals surface area contributed by atoms with Gasteiger partial charge in [0.25, 0.3) is 15.6 Å². The van der Waals surface area contributed by atoms with E-state index in [0.29, 0.717) is 52.6 Å². The van der Waals surface area contributed by atoms with Crippen molar-refractivity contribution in [3.8, 4) is 11.5 Å². The molecule has 1 aliphatic rings. The number of hydrogen-bond acceptors (Lipinski definition) is 7. The first-order chi connectivity index (χ1) is 16.9. The summed E-state index contributed by atoms with van der Waals surface area (Å²) < 4.78 is 38.9. The third kappa shape index (κ3) is 4.80. The number of aromatic amines is 1. The van der Waals surface area contributed by atoms with Crippen LogP contribution in [-0.2, 0) is 21.2 Å². The van der Waals surface area contributed by atoms with Crippen LogP contribution in [0.2, 0.25) is 0 Å². The predicted molar refractivity (Wildman–Crippen MR) is 129 cm³/mol. The number of benzene rings is 3. The van der Waals surface area contributed by atoms with Crippen LogP contribution in [0, 0.1) is 0 Å². The van der Waals surface area contributed by atoms with Crippen molar-refractivity contribution in [1.29, 1.82) is 0 Å². The summed E-state index contributed by atoms with van der Waals surface area (Å²) in [4.78, 5) is 24.5. The highest BCUT2D eigenvalue weighted by atomic mass is 32.2. The van der Waals surface area contributed by atoms with Gasteiger partial charge in [0, 0.05) is 22.8 Å². The Balaban J connectivity index is 1.26. The van der Waals surface area contributed by atoms with Gasteiger partial charge in [-0.1, -0.05) is 18.2 Å². The van der Waals surface area contributed by atoms with Crippen LogP contribution >= 0.6 is 0 Å². The van der Waals surface area contributed by atoms with Gasteiger partial charge in [0.2, 0.25) is 5.91 Å². The number of hydrogen-bond donors (Lipinski definition) is 3. The van der Waals surface area contributed by atoms with E-state index < -0.39 is 10.0 Å². The van der Waals surface area contributed by atoms with Crippen LogP contribution in [0.5, 0.6) is 11.5 Å². The van der Waals surface area contributed by atoms with Gasteiger partial charge in [-0.15, -0.1) is 0 Å². The van der Waals surface area contributed by atoms with Crippen LogP contribution in [0.4, 0.5) is 11.4 Å². The van der Waals surface area contributed by atoms with Gasteiger partial charge in [-0.05, 0) is 42.5 Å². The quantitative estimate of drug-likeness (QED) is 0.376. The lowest BCUT2D eigenvalue weighted by Crippen LogP contribution is -2.18. The van der Waals surface area contributed by atoms with Crippen LogP contribution in [0.3, 0.4) is 0 Å². The van der Waals surface area contributed by atoms with Gasteiger partial charge in [0.05, 0.1) is 22.4 Å². The first-order valence-corrected chi connectivity index (χ1v) is 12.2. The molecule has 3 N–H and O–H groups in total. The number of H-pyrrole nitrogens is 1. The van der Waals surface area contributed by atoms with Crippen LogP contribution in [-0.4, -0.2) is 37.7 Å². The lowest BCUT2D eigenvalue weighted by atomic mass is 10.1. The fourth-order valence-electron chi connectivity index (χ4n) is 3.69. The fourth-order valence-corrected chi connectivity index (χ4v) is 4.76. The van der Waals surface area contributed by atoms with E-state index in [4.69, 9.17) is 9.47 Å². The summed E-state index contributed by atoms with van der Waals surface area (Å²) in [6.45, 7) is 0.768. The van der Waals surface area contributed by atoms with Crippen LogP contribution in [0.25, 0.3) is 10.8 Å². The number of carbonyl (C=O) groups is 1. The number of nitrogens with one attached hydrogen (secondary N) is 3. The average molecular weight is 493 g/mol. The van der Waals surface area contributed by atoms with Crippen LogP contribution in [0.15, 0.2) is 76.4 Å². The number of sulfonamides is 1. The maximum Gasteiger partial charge on any atom is 0.272 e. The van der Waals surface area contributed by atoms with Gasteiger partial charge in [-0.25, -0.2) is 13.5 Å². The Bertz CT molecular complexity index is 1580. The molecule has 35 heavy (non-hydrogen) atoms. The normalized spacial score (nSPS) is 12.8. The lowest BCUT2D eigenvalue weighted by Gasteiger charge is -2.19. The van der Waals surface area contributed by atoms with Crippen molar-refractivity contribution in [2.45, 2.75) is 11.3 Å². The molecular weight excluding hydrogens is 472 g/mol. The van der Waals surface area contributed by atoms with Gasteiger partial charge in [-0.2, -0.15) is 5.10 Å². The Labute approximate surface area is 199 Å². The Morgan fingerprint density at radius 3 is 2.37 bits per heavy atom. The van der Waals surface area contributed by atoms with Crippen molar-refractivity contribution >= 4 is 38.1 Å². The first-order valence-electron chi connectivity index (χ1n) is 10.7. The summed E-state index contributed by atoms with van der Waals surface area (Å²) in [6.07, 6.45) is -0.0458. The molecule has 4 aromatic rings. The average Bonchev–Trinajstić information content (AvgIpc) is 2.86. The van der Waals surface area contributed by atoms with Crippen molar-refractivity contribution < 1.29 is 22.7 Å². The number of aromatic nitrogens is 2. The maximum absolute atomic E-state index is 12.8. The molecule has 11 heteroatoms. The minimum atomic E-state index is -3.86. The molecule has 0 fully saturated rings. The Kier molecular flexibility index (Phi) is 5.83. The molecule has 0 spiro atoms. The standard InChI is InChI=1S/C24H20N4O6S/c29-23(14-20-18-3-1-2-4-19(18)24(30)27-26-20)25-15-5-7-16(8-6-15)28-35(31,32)17-9-10-21-22(13-17)34-12-11-33-21/h1-10,13,28H,11-12,14H2,(H,25,29)(H,27,30). The monoisotopic (exact) mass is 492 g/mol. The second kappa shape index (κ2) is 9.11. The minimum absolute atomic E-state index is 0.0414. The molecule has 1 aliphatic heterocycles. The SMILES string of the molecule is O=C(Cc1n[nH]c(=O)c2ccccc12)Nc1ccc(NS(=O)(=O)c2ccc3c(c2)OCCO3)cc1. The third-order valence-electron chi connectivity index (χ3n) is 5.35. The van der Waals surface area contributed by atoms with Crippen molar-refractivity contribution in [3.05, 3.63) is 82.8 Å². The lowest BCUT2D eigenvalue weighted by molar-refractivity contribution is -0.115. The van der Waals surface area contributed by atoms with Gasteiger partial charge >= 0.3 is 0 Å². The number of ether oxygens (including phenoxy) is 2. The van der Waals surface area contributed by atoms with E-state index in [1.807, 2.05) is 0 Å². The highest BCUT2D eigenvalue weighted by molar-refractivity contribution is 7.92. The summed E-state index contributed by atoms with van der Waals surface area (Å²) in [5.74, 6) is 0.543. The molecule has 3 aromatic carbocycles. The van der Waals surface area contributed by atoms with Gasteiger partial charge in [-0.3, -0.25) is 14.3 Å². The molecule has 0 saturated carbocycles. The number of amides is 1. The molecule has 0 unspecified atom stereocenters. The molecule has 10 nitrogen and oxygen atoms in total. The topological polar surface area (TPSA) is 139 Å². The van der Waals surface area contributed by atoms with E-state index in [-0.39, 0.29) is 22.8 Å². The van der Waals surface area contributed by atoms with Crippen molar-refractivity contribution in [2.75, 3.05) is 23.3 Å². The Morgan fingerprint density at radius 2 is 1.60 bits per heavy atom. The van der Waals surface area contributed by atoms with E-state index in [1.54, 1.807) is 54.6 Å². The predicted octanol–water partition coefficient (Wildman–Crippen LogP) is 2.68. The largest absolute Gasteiger partial charge is 0.486 e. The Morgan fingerprint density at radius 1 is 0.914 bits per heavy atom. The summed E-state index contributed by atoms with van der Waals surface area (Å²) >= 11 is 0. The fraction of sp³-hybridized carbons (Fsp3) is 0.125. The number of anilines is 2. The smallest absolute Gasteiger partial charge is 0.272 e. The number of fused-ring (bicyclic) bond motifs is 2. The molecule has 1 amide bonds. The second-order valence-electron chi connectivity index (χ2n) is 7.76. The van der Waals surface area contributed by atoms with Crippen molar-refractivity contribution in [1.82, 2.24) is 10.2 Å². The highest BCUT2D eigenvalue weighted by Crippen LogP contribution is 2.32. The first kappa shape index (κ1) is 22.4. The zero-order valence-electron chi connectivity index (χ0n) is 18.3. The zero-order chi connectivity index (χ0) is 24.4. The number of rotatable bonds is 6. The van der Waals surface area contributed by atoms with E-state index in [9.17, 15) is 18.0 Å². The number of nitrogens with zero attached hydrogens (tertiary/aromatic N) is 1. The summed E-state index contributed by atoms with van der Waals surface area (Å²) in [5, 5.41) is 10.2. The van der Waals surface area contributed by atoms with E-state index in [0.717, 1.165) is 0 Å². The van der Waals surface area contributed by atoms with Crippen molar-refractivity contribution in [2.24, 2.45) is 0 Å². The number of carbonyl (C=O) groups excluding carboxylic acids is 1.